The third-order valence-electron chi connectivity index (χ3n) is 5.63. The Morgan fingerprint density at radius 1 is 1.03 bits per heavy atom. The summed E-state index contributed by atoms with van der Waals surface area (Å²) in [6.07, 6.45) is 4.51. The molecule has 8 nitrogen and oxygen atoms in total. The zero-order valence-corrected chi connectivity index (χ0v) is 22.1. The molecule has 2 amide bonds. The van der Waals surface area contributed by atoms with Crippen LogP contribution in [0.4, 0.5) is 34.5 Å². The Bertz CT molecular complexity index is 1620. The first-order valence-corrected chi connectivity index (χ1v) is 12.6. The van der Waals surface area contributed by atoms with E-state index in [4.69, 9.17) is 11.6 Å². The molecule has 188 valence electrons. The number of hydrogen-bond acceptors (Lipinski definition) is 6. The number of carbonyl (C=O) groups is 2. The number of anilines is 6. The van der Waals surface area contributed by atoms with Crippen LogP contribution in [0.5, 0.6) is 0 Å². The lowest BCUT2D eigenvalue weighted by Crippen LogP contribution is -2.09. The topological polar surface area (TPSA) is 108 Å². The maximum atomic E-state index is 12.7. The summed E-state index contributed by atoms with van der Waals surface area (Å²) in [4.78, 5) is 33.3. The average Bonchev–Trinajstić information content (AvgIpc) is 3.22. The Morgan fingerprint density at radius 2 is 1.79 bits per heavy atom. The Labute approximate surface area is 232 Å². The molecule has 0 radical (unpaired) electrons. The highest BCUT2D eigenvalue weighted by Crippen LogP contribution is 2.37. The van der Waals surface area contributed by atoms with Gasteiger partial charge in [-0.3, -0.25) is 9.59 Å². The van der Waals surface area contributed by atoms with Crippen molar-refractivity contribution in [3.8, 4) is 0 Å². The maximum absolute atomic E-state index is 12.7. The van der Waals surface area contributed by atoms with Crippen molar-refractivity contribution in [1.29, 1.82) is 0 Å². The summed E-state index contributed by atoms with van der Waals surface area (Å²) in [6.45, 7) is 3.48. The van der Waals surface area contributed by atoms with E-state index < -0.39 is 0 Å². The van der Waals surface area contributed by atoms with E-state index in [0.717, 1.165) is 21.3 Å². The van der Waals surface area contributed by atoms with Gasteiger partial charge < -0.3 is 21.3 Å². The van der Waals surface area contributed by atoms with Crippen molar-refractivity contribution in [1.82, 2.24) is 9.97 Å². The smallest absolute Gasteiger partial charge is 0.256 e. The van der Waals surface area contributed by atoms with Crippen molar-refractivity contribution in [3.63, 3.8) is 0 Å². The van der Waals surface area contributed by atoms with Crippen LogP contribution in [0, 0.1) is 0 Å². The van der Waals surface area contributed by atoms with Gasteiger partial charge in [0.15, 0.2) is 5.82 Å². The van der Waals surface area contributed by atoms with Gasteiger partial charge in [-0.2, -0.15) is 4.98 Å². The number of halogens is 2. The molecule has 38 heavy (non-hydrogen) atoms. The first-order chi connectivity index (χ1) is 18.4. The summed E-state index contributed by atoms with van der Waals surface area (Å²) >= 11 is 9.89. The van der Waals surface area contributed by atoms with Gasteiger partial charge in [0.2, 0.25) is 11.9 Å². The molecule has 0 atom stereocenters. The number of nitrogens with zero attached hydrogens (tertiary/aromatic N) is 2. The molecule has 0 saturated carbocycles. The zero-order valence-electron chi connectivity index (χ0n) is 19.8. The van der Waals surface area contributed by atoms with E-state index in [1.54, 1.807) is 18.2 Å². The van der Waals surface area contributed by atoms with Gasteiger partial charge in [-0.1, -0.05) is 64.4 Å². The third-order valence-corrected chi connectivity index (χ3v) is 6.63. The van der Waals surface area contributed by atoms with Gasteiger partial charge in [0.05, 0.1) is 17.6 Å². The second kappa shape index (κ2) is 10.9. The minimum Gasteiger partial charge on any atom is -0.337 e. The van der Waals surface area contributed by atoms with Crippen LogP contribution in [-0.2, 0) is 9.59 Å². The van der Waals surface area contributed by atoms with Crippen LogP contribution >= 0.6 is 27.5 Å². The van der Waals surface area contributed by atoms with Crippen LogP contribution in [0.2, 0.25) is 5.02 Å². The molecule has 10 heteroatoms. The number of benzene rings is 3. The maximum Gasteiger partial charge on any atom is 0.256 e. The summed E-state index contributed by atoms with van der Waals surface area (Å²) in [5.41, 5.74) is 4.75. The molecule has 3 aromatic carbocycles. The van der Waals surface area contributed by atoms with Gasteiger partial charge in [0, 0.05) is 27.0 Å². The Morgan fingerprint density at radius 3 is 2.58 bits per heavy atom. The number of rotatable bonds is 7. The third kappa shape index (κ3) is 5.44. The number of para-hydroxylation sites is 2. The highest BCUT2D eigenvalue weighted by molar-refractivity contribution is 9.10. The number of carbonyl (C=O) groups excluding carboxylic acids is 2. The van der Waals surface area contributed by atoms with Gasteiger partial charge in [-0.25, -0.2) is 4.98 Å². The van der Waals surface area contributed by atoms with E-state index >= 15 is 0 Å². The summed E-state index contributed by atoms with van der Waals surface area (Å²) in [5, 5.41) is 12.3. The molecule has 4 N–H and O–H groups in total. The fourth-order valence-electron chi connectivity index (χ4n) is 3.81. The second-order valence-corrected chi connectivity index (χ2v) is 9.43. The molecule has 1 aliphatic heterocycles. The van der Waals surface area contributed by atoms with Crippen molar-refractivity contribution in [2.45, 2.75) is 0 Å². The number of fused-ring (bicyclic) bond motifs is 1. The second-order valence-electron chi connectivity index (χ2n) is 8.17. The molecule has 1 aromatic heterocycles. The van der Waals surface area contributed by atoms with Crippen LogP contribution < -0.4 is 21.3 Å². The predicted molar refractivity (Wildman–Crippen MR) is 156 cm³/mol. The molecule has 0 aliphatic carbocycles. The van der Waals surface area contributed by atoms with Gasteiger partial charge >= 0.3 is 0 Å². The molecule has 4 aromatic rings. The number of aromatic nitrogens is 2. The van der Waals surface area contributed by atoms with Gasteiger partial charge in [-0.05, 0) is 54.1 Å². The molecular formula is C28H20BrClN6O2. The van der Waals surface area contributed by atoms with Crippen molar-refractivity contribution in [2.75, 3.05) is 21.3 Å². The molecular weight excluding hydrogens is 568 g/mol. The van der Waals surface area contributed by atoms with E-state index in [9.17, 15) is 9.59 Å². The molecule has 1 aliphatic rings. The molecule has 5 rings (SSSR count). The Balaban J connectivity index is 1.41. The van der Waals surface area contributed by atoms with Crippen molar-refractivity contribution >= 4 is 85.5 Å². The molecule has 0 saturated heterocycles. The zero-order chi connectivity index (χ0) is 26.6. The molecule has 2 heterocycles. The lowest BCUT2D eigenvalue weighted by molar-refractivity contribution is -0.112. The van der Waals surface area contributed by atoms with Crippen LogP contribution in [0.3, 0.4) is 0 Å². The van der Waals surface area contributed by atoms with Crippen LogP contribution in [0.25, 0.3) is 11.6 Å². The fraction of sp³-hybridized carbons (Fsp3) is 0. The lowest BCUT2D eigenvalue weighted by Gasteiger charge is -2.14. The summed E-state index contributed by atoms with van der Waals surface area (Å²) in [5.74, 6) is 0.118. The number of amides is 2. The SMILES string of the molecule is C=CC(=O)Nc1ccccc1Nc1nc(Nc2ccc3c(c2)/C(=C/c2ccccc2Br)C(=O)N3)ncc1Cl. The highest BCUT2D eigenvalue weighted by Gasteiger charge is 2.25. The Hall–Kier alpha value is -4.47. The summed E-state index contributed by atoms with van der Waals surface area (Å²) in [7, 11) is 0. The first kappa shape index (κ1) is 25.2. The van der Waals surface area contributed by atoms with Gasteiger partial charge in [0.25, 0.3) is 5.91 Å². The average molecular weight is 588 g/mol. The fourth-order valence-corrected chi connectivity index (χ4v) is 4.35. The highest BCUT2D eigenvalue weighted by atomic mass is 79.9. The van der Waals surface area contributed by atoms with Crippen molar-refractivity contribution in [2.24, 2.45) is 0 Å². The predicted octanol–water partition coefficient (Wildman–Crippen LogP) is 7.00. The first-order valence-electron chi connectivity index (χ1n) is 11.4. The minimum atomic E-state index is -0.340. The van der Waals surface area contributed by atoms with Crippen molar-refractivity contribution in [3.05, 3.63) is 106 Å². The molecule has 0 spiro atoms. The summed E-state index contributed by atoms with van der Waals surface area (Å²) < 4.78 is 0.892. The van der Waals surface area contributed by atoms with E-state index in [1.165, 1.54) is 12.3 Å². The number of nitrogens with one attached hydrogen (secondary N) is 4. The molecule has 0 fully saturated rings. The van der Waals surface area contributed by atoms with Gasteiger partial charge in [-0.15, -0.1) is 0 Å². The van der Waals surface area contributed by atoms with Crippen LogP contribution in [0.15, 0.2) is 90.1 Å². The quantitative estimate of drug-likeness (QED) is 0.174. The van der Waals surface area contributed by atoms with Gasteiger partial charge in [0.1, 0.15) is 5.02 Å². The van der Waals surface area contributed by atoms with Crippen molar-refractivity contribution < 1.29 is 9.59 Å². The largest absolute Gasteiger partial charge is 0.337 e. The van der Waals surface area contributed by atoms with Crippen LogP contribution in [-0.4, -0.2) is 21.8 Å². The number of hydrogen-bond donors (Lipinski definition) is 4. The van der Waals surface area contributed by atoms with E-state index in [1.807, 2.05) is 54.6 Å². The van der Waals surface area contributed by atoms with E-state index in [0.29, 0.717) is 33.5 Å². The normalized spacial score (nSPS) is 13.0. The molecule has 0 unspecified atom stereocenters. The monoisotopic (exact) mass is 586 g/mol. The standard InChI is InChI=1S/C28H20BrClN6O2/c1-2-25(37)33-23-9-5-6-10-24(23)34-26-21(30)15-31-28(36-26)32-17-11-12-22-18(14-17)19(27(38)35-22)13-16-7-3-4-8-20(16)29/h2-15H,1H2,(H,33,37)(H,35,38)(H2,31,32,34,36)/b19-13-. The van der Waals surface area contributed by atoms with E-state index in [-0.39, 0.29) is 17.8 Å². The van der Waals surface area contributed by atoms with E-state index in [2.05, 4.69) is 53.7 Å². The Kier molecular flexibility index (Phi) is 7.21. The van der Waals surface area contributed by atoms with Crippen LogP contribution in [0.1, 0.15) is 11.1 Å². The summed E-state index contributed by atoms with van der Waals surface area (Å²) in [6, 6.07) is 20.3. The molecule has 0 bridgehead atoms. The minimum absolute atomic E-state index is 0.177. The lowest BCUT2D eigenvalue weighted by atomic mass is 10.0.